The Bertz CT molecular complexity index is 610. The van der Waals surface area contributed by atoms with E-state index in [1.807, 2.05) is 24.3 Å². The molecule has 2 rings (SSSR count). The average Bonchev–Trinajstić information content (AvgIpc) is 2.40. The Morgan fingerprint density at radius 1 is 1.37 bits per heavy atom. The maximum Gasteiger partial charge on any atom is 0.309 e. The zero-order valence-electron chi connectivity index (χ0n) is 11.1. The van der Waals surface area contributed by atoms with Crippen molar-refractivity contribution in [1.29, 1.82) is 0 Å². The van der Waals surface area contributed by atoms with Crippen LogP contribution in [0.4, 0.5) is 0 Å². The number of carbonyl (C=O) groups is 1. The normalized spacial score (nSPS) is 10.7. The minimum Gasteiger partial charge on any atom is -0.469 e. The van der Waals surface area contributed by atoms with Gasteiger partial charge in [-0.2, -0.15) is 0 Å². The summed E-state index contributed by atoms with van der Waals surface area (Å²) < 4.78 is 4.66. The number of esters is 1. The van der Waals surface area contributed by atoms with Crippen LogP contribution in [0, 0.1) is 0 Å². The summed E-state index contributed by atoms with van der Waals surface area (Å²) in [6, 6.07) is 7.59. The first-order chi connectivity index (χ1) is 9.13. The smallest absolute Gasteiger partial charge is 0.309 e. The predicted molar refractivity (Wildman–Crippen MR) is 76.5 cm³/mol. The van der Waals surface area contributed by atoms with Gasteiger partial charge in [-0.1, -0.05) is 31.0 Å². The van der Waals surface area contributed by atoms with Gasteiger partial charge in [0.05, 0.1) is 24.1 Å². The van der Waals surface area contributed by atoms with Crippen molar-refractivity contribution in [3.8, 4) is 0 Å². The lowest BCUT2D eigenvalue weighted by Gasteiger charge is -2.06. The van der Waals surface area contributed by atoms with Crippen molar-refractivity contribution in [2.45, 2.75) is 26.2 Å². The molecular formula is C15H16ClNO2. The van der Waals surface area contributed by atoms with E-state index in [1.165, 1.54) is 7.11 Å². The summed E-state index contributed by atoms with van der Waals surface area (Å²) >= 11 is 6.28. The number of carbonyl (C=O) groups excluding carboxylic acids is 1. The van der Waals surface area contributed by atoms with E-state index < -0.39 is 0 Å². The molecule has 0 aliphatic heterocycles. The lowest BCUT2D eigenvalue weighted by atomic mass is 10.1. The molecule has 0 aliphatic carbocycles. The number of halogens is 1. The SMILES string of the molecule is CCCc1cc(Cl)c2cc(CC(=O)OC)ccc2n1. The summed E-state index contributed by atoms with van der Waals surface area (Å²) in [7, 11) is 1.38. The van der Waals surface area contributed by atoms with Crippen LogP contribution in [0.1, 0.15) is 24.6 Å². The largest absolute Gasteiger partial charge is 0.469 e. The van der Waals surface area contributed by atoms with Crippen LogP contribution in [0.2, 0.25) is 5.02 Å². The molecule has 100 valence electrons. The zero-order valence-corrected chi connectivity index (χ0v) is 11.8. The molecule has 4 heteroatoms. The number of methoxy groups -OCH3 is 1. The fourth-order valence-electron chi connectivity index (χ4n) is 2.02. The average molecular weight is 278 g/mol. The highest BCUT2D eigenvalue weighted by atomic mass is 35.5. The van der Waals surface area contributed by atoms with E-state index in [0.29, 0.717) is 5.02 Å². The van der Waals surface area contributed by atoms with Crippen LogP contribution in [0.15, 0.2) is 24.3 Å². The van der Waals surface area contributed by atoms with E-state index in [-0.39, 0.29) is 12.4 Å². The predicted octanol–water partition coefficient (Wildman–Crippen LogP) is 3.56. The van der Waals surface area contributed by atoms with Crippen LogP contribution >= 0.6 is 11.6 Å². The van der Waals surface area contributed by atoms with Crippen molar-refractivity contribution in [3.63, 3.8) is 0 Å². The summed E-state index contributed by atoms with van der Waals surface area (Å²) in [5.74, 6) is -0.258. The lowest BCUT2D eigenvalue weighted by Crippen LogP contribution is -2.04. The molecule has 0 unspecified atom stereocenters. The second-order valence-corrected chi connectivity index (χ2v) is 4.86. The molecule has 0 amide bonds. The van der Waals surface area contributed by atoms with Crippen LogP contribution in [-0.4, -0.2) is 18.1 Å². The molecule has 1 heterocycles. The third-order valence-electron chi connectivity index (χ3n) is 2.96. The number of pyridine rings is 1. The molecule has 2 aromatic rings. The first-order valence-corrected chi connectivity index (χ1v) is 6.66. The summed E-state index contributed by atoms with van der Waals surface area (Å²) in [5, 5.41) is 1.56. The van der Waals surface area contributed by atoms with E-state index in [4.69, 9.17) is 11.6 Å². The highest BCUT2D eigenvalue weighted by molar-refractivity contribution is 6.35. The number of aryl methyl sites for hydroxylation is 1. The van der Waals surface area contributed by atoms with Gasteiger partial charge < -0.3 is 4.74 Å². The van der Waals surface area contributed by atoms with Gasteiger partial charge in [-0.15, -0.1) is 0 Å². The van der Waals surface area contributed by atoms with Gasteiger partial charge in [0.15, 0.2) is 0 Å². The number of aromatic nitrogens is 1. The Labute approximate surface area is 117 Å². The van der Waals surface area contributed by atoms with Gasteiger partial charge in [0.25, 0.3) is 0 Å². The number of fused-ring (bicyclic) bond motifs is 1. The Kier molecular flexibility index (Phi) is 4.38. The molecular weight excluding hydrogens is 262 g/mol. The van der Waals surface area contributed by atoms with Gasteiger partial charge in [-0.3, -0.25) is 9.78 Å². The number of benzene rings is 1. The topological polar surface area (TPSA) is 39.2 Å². The standard InChI is InChI=1S/C15H16ClNO2/c1-3-4-11-9-13(16)12-7-10(8-15(18)19-2)5-6-14(12)17-11/h5-7,9H,3-4,8H2,1-2H3. The Morgan fingerprint density at radius 3 is 2.84 bits per heavy atom. The van der Waals surface area contributed by atoms with Crippen LogP contribution < -0.4 is 0 Å². The van der Waals surface area contributed by atoms with E-state index in [1.54, 1.807) is 0 Å². The fraction of sp³-hybridized carbons (Fsp3) is 0.333. The lowest BCUT2D eigenvalue weighted by molar-refractivity contribution is -0.139. The van der Waals surface area contributed by atoms with Crippen LogP contribution in [-0.2, 0) is 22.4 Å². The molecule has 0 spiro atoms. The van der Waals surface area contributed by atoms with Gasteiger partial charge in [0, 0.05) is 11.1 Å². The van der Waals surface area contributed by atoms with E-state index in [9.17, 15) is 4.79 Å². The van der Waals surface area contributed by atoms with Crippen LogP contribution in [0.3, 0.4) is 0 Å². The first kappa shape index (κ1) is 13.8. The Balaban J connectivity index is 2.40. The quantitative estimate of drug-likeness (QED) is 0.802. The highest BCUT2D eigenvalue weighted by Gasteiger charge is 2.08. The molecule has 0 N–H and O–H groups in total. The maximum atomic E-state index is 11.3. The zero-order chi connectivity index (χ0) is 13.8. The van der Waals surface area contributed by atoms with Crippen molar-refractivity contribution in [2.24, 2.45) is 0 Å². The first-order valence-electron chi connectivity index (χ1n) is 6.29. The minimum absolute atomic E-state index is 0.249. The fourth-order valence-corrected chi connectivity index (χ4v) is 2.29. The molecule has 0 fully saturated rings. The van der Waals surface area contributed by atoms with Crippen LogP contribution in [0.25, 0.3) is 10.9 Å². The number of ether oxygens (including phenoxy) is 1. The summed E-state index contributed by atoms with van der Waals surface area (Å²) in [6.45, 7) is 2.11. The molecule has 19 heavy (non-hydrogen) atoms. The third kappa shape index (κ3) is 3.24. The molecule has 0 saturated carbocycles. The van der Waals surface area contributed by atoms with Gasteiger partial charge in [0.2, 0.25) is 0 Å². The highest BCUT2D eigenvalue weighted by Crippen LogP contribution is 2.25. The second kappa shape index (κ2) is 6.02. The second-order valence-electron chi connectivity index (χ2n) is 4.45. The third-order valence-corrected chi connectivity index (χ3v) is 3.27. The number of nitrogens with zero attached hydrogens (tertiary/aromatic N) is 1. The molecule has 3 nitrogen and oxygen atoms in total. The molecule has 0 atom stereocenters. The Hall–Kier alpha value is -1.61. The van der Waals surface area contributed by atoms with Gasteiger partial charge in [-0.05, 0) is 30.2 Å². The van der Waals surface area contributed by atoms with E-state index >= 15 is 0 Å². The molecule has 0 bridgehead atoms. The summed E-state index contributed by atoms with van der Waals surface area (Å²) in [5.41, 5.74) is 2.75. The molecule has 0 radical (unpaired) electrons. The Morgan fingerprint density at radius 2 is 2.16 bits per heavy atom. The van der Waals surface area contributed by atoms with Gasteiger partial charge in [-0.25, -0.2) is 0 Å². The van der Waals surface area contributed by atoms with Crippen LogP contribution in [0.5, 0.6) is 0 Å². The number of hydrogen-bond acceptors (Lipinski definition) is 3. The molecule has 1 aromatic carbocycles. The van der Waals surface area contributed by atoms with E-state index in [2.05, 4.69) is 16.6 Å². The van der Waals surface area contributed by atoms with Crippen molar-refractivity contribution in [3.05, 3.63) is 40.5 Å². The number of rotatable bonds is 4. The summed E-state index contributed by atoms with van der Waals surface area (Å²) in [4.78, 5) is 15.8. The van der Waals surface area contributed by atoms with Gasteiger partial charge >= 0.3 is 5.97 Å². The molecule has 0 aliphatic rings. The molecule has 0 saturated heterocycles. The minimum atomic E-state index is -0.258. The van der Waals surface area contributed by atoms with E-state index in [0.717, 1.165) is 35.0 Å². The number of hydrogen-bond donors (Lipinski definition) is 0. The van der Waals surface area contributed by atoms with Gasteiger partial charge in [0.1, 0.15) is 0 Å². The van der Waals surface area contributed by atoms with Crippen molar-refractivity contribution in [2.75, 3.05) is 7.11 Å². The van der Waals surface area contributed by atoms with Crippen molar-refractivity contribution in [1.82, 2.24) is 4.98 Å². The maximum absolute atomic E-state index is 11.3. The van der Waals surface area contributed by atoms with Crippen molar-refractivity contribution < 1.29 is 9.53 Å². The summed E-state index contributed by atoms with van der Waals surface area (Å²) in [6.07, 6.45) is 2.20. The van der Waals surface area contributed by atoms with Crippen molar-refractivity contribution >= 4 is 28.5 Å². The monoisotopic (exact) mass is 277 g/mol. The molecule has 1 aromatic heterocycles.